The Balaban J connectivity index is 3.08. The zero-order valence-corrected chi connectivity index (χ0v) is 15.3. The summed E-state index contributed by atoms with van der Waals surface area (Å²) in [5.41, 5.74) is 2.47. The Labute approximate surface area is 143 Å². The van der Waals surface area contributed by atoms with Crippen molar-refractivity contribution in [3.63, 3.8) is 0 Å². The van der Waals surface area contributed by atoms with E-state index in [1.54, 1.807) is 6.92 Å². The van der Waals surface area contributed by atoms with Gasteiger partial charge in [-0.25, -0.2) is 4.79 Å². The molecule has 1 aromatic carbocycles. The van der Waals surface area contributed by atoms with Gasteiger partial charge >= 0.3 is 6.09 Å². The van der Waals surface area contributed by atoms with Gasteiger partial charge in [0.25, 0.3) is 0 Å². The molecule has 0 saturated heterocycles. The number of rotatable bonds is 7. The monoisotopic (exact) mass is 339 g/mol. The summed E-state index contributed by atoms with van der Waals surface area (Å²) in [7, 11) is 1.84. The van der Waals surface area contributed by atoms with E-state index in [1.165, 1.54) is 5.01 Å². The standard InChI is InChI=1S/C17H26ClN3O2/c1-6-23-17(22)21(10-9-12(2)3)20-13(4)15-11-14(18)7-8-16(15)19-5/h7-8,11-12,19H,6,9-10H2,1-5H3/b20-13+. The number of hydrogen-bond acceptors (Lipinski definition) is 4. The average molecular weight is 340 g/mol. The van der Waals surface area contributed by atoms with Crippen LogP contribution in [0.2, 0.25) is 5.02 Å². The highest BCUT2D eigenvalue weighted by molar-refractivity contribution is 6.31. The number of carbonyl (C=O) groups excluding carboxylic acids is 1. The van der Waals surface area contributed by atoms with Gasteiger partial charge in [0.2, 0.25) is 0 Å². The third-order valence-corrected chi connectivity index (χ3v) is 3.54. The quantitative estimate of drug-likeness (QED) is 0.583. The zero-order chi connectivity index (χ0) is 17.4. The van der Waals surface area contributed by atoms with E-state index >= 15 is 0 Å². The van der Waals surface area contributed by atoms with Crippen molar-refractivity contribution in [2.75, 3.05) is 25.5 Å². The minimum atomic E-state index is -0.430. The first-order valence-electron chi connectivity index (χ1n) is 7.86. The topological polar surface area (TPSA) is 53.9 Å². The number of amides is 1. The molecular weight excluding hydrogens is 314 g/mol. The van der Waals surface area contributed by atoms with Crippen LogP contribution in [0.1, 0.15) is 39.7 Å². The fraction of sp³-hybridized carbons (Fsp3) is 0.529. The van der Waals surface area contributed by atoms with E-state index in [9.17, 15) is 4.79 Å². The molecule has 23 heavy (non-hydrogen) atoms. The minimum Gasteiger partial charge on any atom is -0.448 e. The summed E-state index contributed by atoms with van der Waals surface area (Å²) in [6.07, 6.45) is 0.421. The van der Waals surface area contributed by atoms with Gasteiger partial charge in [0.05, 0.1) is 12.3 Å². The SMILES string of the molecule is CCOC(=O)N(CCC(C)C)/N=C(\C)c1cc(Cl)ccc1NC. The number of hydrogen-bond donors (Lipinski definition) is 1. The van der Waals surface area contributed by atoms with Gasteiger partial charge in [-0.2, -0.15) is 10.1 Å². The van der Waals surface area contributed by atoms with Crippen molar-refractivity contribution < 1.29 is 9.53 Å². The van der Waals surface area contributed by atoms with Crippen molar-refractivity contribution in [2.45, 2.75) is 34.1 Å². The van der Waals surface area contributed by atoms with Crippen molar-refractivity contribution in [3.05, 3.63) is 28.8 Å². The predicted octanol–water partition coefficient (Wildman–Crippen LogP) is 4.61. The van der Waals surface area contributed by atoms with Crippen LogP contribution < -0.4 is 5.32 Å². The molecule has 0 atom stereocenters. The molecule has 1 N–H and O–H groups in total. The van der Waals surface area contributed by atoms with Gasteiger partial charge in [-0.3, -0.25) is 0 Å². The van der Waals surface area contributed by atoms with Gasteiger partial charge < -0.3 is 10.1 Å². The molecule has 0 heterocycles. The smallest absolute Gasteiger partial charge is 0.430 e. The Bertz CT molecular complexity index is 559. The number of nitrogens with one attached hydrogen (secondary N) is 1. The molecule has 5 nitrogen and oxygen atoms in total. The summed E-state index contributed by atoms with van der Waals surface area (Å²) >= 11 is 6.08. The third-order valence-electron chi connectivity index (χ3n) is 3.31. The molecule has 6 heteroatoms. The molecule has 0 bridgehead atoms. The number of benzene rings is 1. The molecule has 0 aliphatic heterocycles. The summed E-state index contributed by atoms with van der Waals surface area (Å²) in [6, 6.07) is 5.53. The fourth-order valence-electron chi connectivity index (χ4n) is 2.03. The van der Waals surface area contributed by atoms with Crippen LogP contribution in [0, 0.1) is 5.92 Å². The molecule has 0 aliphatic rings. The summed E-state index contributed by atoms with van der Waals surface area (Å²) in [5, 5.41) is 9.58. The lowest BCUT2D eigenvalue weighted by Crippen LogP contribution is -2.29. The minimum absolute atomic E-state index is 0.324. The van der Waals surface area contributed by atoms with E-state index in [0.29, 0.717) is 29.8 Å². The summed E-state index contributed by atoms with van der Waals surface area (Å²) < 4.78 is 5.09. The highest BCUT2D eigenvalue weighted by Gasteiger charge is 2.16. The van der Waals surface area contributed by atoms with E-state index in [4.69, 9.17) is 16.3 Å². The number of carbonyl (C=O) groups is 1. The molecule has 1 amide bonds. The van der Waals surface area contributed by atoms with Crippen LogP contribution in [0.3, 0.4) is 0 Å². The number of hydrazone groups is 1. The van der Waals surface area contributed by atoms with Crippen LogP contribution in [0.25, 0.3) is 0 Å². The van der Waals surface area contributed by atoms with E-state index < -0.39 is 6.09 Å². The maximum absolute atomic E-state index is 12.1. The van der Waals surface area contributed by atoms with Gasteiger partial charge in [0.15, 0.2) is 0 Å². The molecule has 0 saturated carbocycles. The van der Waals surface area contributed by atoms with Crippen molar-refractivity contribution in [2.24, 2.45) is 11.0 Å². The molecule has 0 radical (unpaired) electrons. The van der Waals surface area contributed by atoms with Crippen LogP contribution in [0.15, 0.2) is 23.3 Å². The molecule has 128 valence electrons. The lowest BCUT2D eigenvalue weighted by atomic mass is 10.1. The van der Waals surface area contributed by atoms with E-state index in [-0.39, 0.29) is 0 Å². The largest absolute Gasteiger partial charge is 0.448 e. The molecule has 0 spiro atoms. The molecule has 0 unspecified atom stereocenters. The Morgan fingerprint density at radius 3 is 2.70 bits per heavy atom. The van der Waals surface area contributed by atoms with E-state index in [1.807, 2.05) is 32.2 Å². The van der Waals surface area contributed by atoms with Gasteiger partial charge in [-0.05, 0) is 44.4 Å². The molecule has 0 aromatic heterocycles. The van der Waals surface area contributed by atoms with Gasteiger partial charge in [-0.1, -0.05) is 25.4 Å². The molecule has 0 aliphatic carbocycles. The zero-order valence-electron chi connectivity index (χ0n) is 14.5. The number of nitrogens with zero attached hydrogens (tertiary/aromatic N) is 2. The second kappa shape index (κ2) is 9.40. The van der Waals surface area contributed by atoms with Crippen LogP contribution in [-0.2, 0) is 4.74 Å². The van der Waals surface area contributed by atoms with Gasteiger partial charge in [0.1, 0.15) is 0 Å². The maximum atomic E-state index is 12.1. The predicted molar refractivity (Wildman–Crippen MR) is 96.4 cm³/mol. The Kier molecular flexibility index (Phi) is 7.89. The van der Waals surface area contributed by atoms with Crippen molar-refractivity contribution >= 4 is 29.1 Å². The summed E-state index contributed by atoms with van der Waals surface area (Å²) in [4.78, 5) is 12.1. The van der Waals surface area contributed by atoms with Crippen molar-refractivity contribution in [1.82, 2.24) is 5.01 Å². The second-order valence-electron chi connectivity index (χ2n) is 5.63. The lowest BCUT2D eigenvalue weighted by Gasteiger charge is -2.19. The highest BCUT2D eigenvalue weighted by Crippen LogP contribution is 2.21. The first kappa shape index (κ1) is 19.3. The Morgan fingerprint density at radius 2 is 2.13 bits per heavy atom. The second-order valence-corrected chi connectivity index (χ2v) is 6.07. The molecule has 1 aromatic rings. The molecule has 1 rings (SSSR count). The lowest BCUT2D eigenvalue weighted by molar-refractivity contribution is 0.107. The first-order chi connectivity index (χ1) is 10.9. The van der Waals surface area contributed by atoms with Crippen LogP contribution in [-0.4, -0.2) is 37.0 Å². The first-order valence-corrected chi connectivity index (χ1v) is 8.24. The molecule has 0 fully saturated rings. The Morgan fingerprint density at radius 1 is 1.43 bits per heavy atom. The van der Waals surface area contributed by atoms with Crippen LogP contribution in [0.5, 0.6) is 0 Å². The summed E-state index contributed by atoms with van der Waals surface area (Å²) in [6.45, 7) is 8.69. The average Bonchev–Trinajstić information content (AvgIpc) is 2.51. The van der Waals surface area contributed by atoms with Gasteiger partial charge in [0, 0.05) is 29.9 Å². The van der Waals surface area contributed by atoms with E-state index in [0.717, 1.165) is 17.7 Å². The summed E-state index contributed by atoms with van der Waals surface area (Å²) in [5.74, 6) is 0.474. The number of ether oxygens (including phenoxy) is 1. The van der Waals surface area contributed by atoms with Crippen LogP contribution >= 0.6 is 11.6 Å². The highest BCUT2D eigenvalue weighted by atomic mass is 35.5. The van der Waals surface area contributed by atoms with Crippen molar-refractivity contribution in [3.8, 4) is 0 Å². The number of halogens is 1. The van der Waals surface area contributed by atoms with Crippen molar-refractivity contribution in [1.29, 1.82) is 0 Å². The number of anilines is 1. The normalized spacial score (nSPS) is 11.5. The third kappa shape index (κ3) is 6.10. The molecular formula is C17H26ClN3O2. The van der Waals surface area contributed by atoms with E-state index in [2.05, 4.69) is 24.3 Å². The van der Waals surface area contributed by atoms with Gasteiger partial charge in [-0.15, -0.1) is 0 Å². The Hall–Kier alpha value is -1.75. The fourth-order valence-corrected chi connectivity index (χ4v) is 2.20. The maximum Gasteiger partial charge on any atom is 0.430 e. The van der Waals surface area contributed by atoms with Crippen LogP contribution in [0.4, 0.5) is 10.5 Å².